The number of aromatic hydroxyl groups is 2. The van der Waals surface area contributed by atoms with Gasteiger partial charge in [0.2, 0.25) is 5.43 Å². The zero-order valence-corrected chi connectivity index (χ0v) is 20.8. The molecule has 182 valence electrons. The second-order valence-electron chi connectivity index (χ2n) is 9.94. The Bertz CT molecular complexity index is 1280. The molecule has 0 aliphatic heterocycles. The van der Waals surface area contributed by atoms with Crippen LogP contribution in [-0.2, 0) is 16.8 Å². The SMILES string of the molecule is CC(C)=CCc1c(O)cc2oc3c(c(=O)c2c1O)[C@@](O)(CC=C(C)C)C(=O)C[C@@H]3CC=C(C)C. The van der Waals surface area contributed by atoms with Gasteiger partial charge >= 0.3 is 0 Å². The molecule has 1 aromatic heterocycles. The maximum absolute atomic E-state index is 13.8. The molecule has 0 spiro atoms. The highest BCUT2D eigenvalue weighted by Crippen LogP contribution is 2.45. The van der Waals surface area contributed by atoms with Crippen LogP contribution in [-0.4, -0.2) is 21.1 Å². The van der Waals surface area contributed by atoms with E-state index >= 15 is 0 Å². The zero-order valence-electron chi connectivity index (χ0n) is 20.8. The van der Waals surface area contributed by atoms with E-state index in [4.69, 9.17) is 4.42 Å². The standard InChI is InChI=1S/C28H34O6/c1-15(2)7-9-18-13-22(30)28(33,12-11-17(5)6)24-26(32)23-21(34-27(18)24)14-20(29)19(25(23)31)10-8-16(3)4/h7-8,11,14,18,29,31,33H,9-10,12-13H2,1-6H3/t18-,28+/m0/s1. The van der Waals surface area contributed by atoms with Crippen molar-refractivity contribution in [1.82, 2.24) is 0 Å². The first-order valence-corrected chi connectivity index (χ1v) is 11.6. The third-order valence-corrected chi connectivity index (χ3v) is 6.27. The first-order valence-electron chi connectivity index (χ1n) is 11.6. The number of carbonyl (C=O) groups is 1. The number of phenols is 2. The molecule has 0 unspecified atom stereocenters. The minimum Gasteiger partial charge on any atom is -0.507 e. The molecule has 0 bridgehead atoms. The van der Waals surface area contributed by atoms with Gasteiger partial charge in [0.05, 0.1) is 5.56 Å². The van der Waals surface area contributed by atoms with Crippen molar-refractivity contribution >= 4 is 16.8 Å². The van der Waals surface area contributed by atoms with E-state index < -0.39 is 28.5 Å². The lowest BCUT2D eigenvalue weighted by Crippen LogP contribution is -2.45. The molecule has 34 heavy (non-hydrogen) atoms. The van der Waals surface area contributed by atoms with Gasteiger partial charge in [0, 0.05) is 30.4 Å². The van der Waals surface area contributed by atoms with Crippen LogP contribution < -0.4 is 5.43 Å². The van der Waals surface area contributed by atoms with Crippen LogP contribution in [0.4, 0.5) is 0 Å². The lowest BCUT2D eigenvalue weighted by atomic mass is 9.72. The third-order valence-electron chi connectivity index (χ3n) is 6.27. The first kappa shape index (κ1) is 25.5. The van der Waals surface area contributed by atoms with Crippen molar-refractivity contribution in [3.05, 3.63) is 68.1 Å². The Morgan fingerprint density at radius 3 is 2.24 bits per heavy atom. The van der Waals surface area contributed by atoms with Crippen molar-refractivity contribution in [1.29, 1.82) is 0 Å². The average Bonchev–Trinajstić information content (AvgIpc) is 2.73. The third kappa shape index (κ3) is 4.73. The monoisotopic (exact) mass is 466 g/mol. The number of fused-ring (bicyclic) bond motifs is 2. The normalized spacial score (nSPS) is 19.5. The Kier molecular flexibility index (Phi) is 7.22. The summed E-state index contributed by atoms with van der Waals surface area (Å²) < 4.78 is 6.11. The Morgan fingerprint density at radius 1 is 1.03 bits per heavy atom. The number of carbonyl (C=O) groups excluding carboxylic acids is 1. The van der Waals surface area contributed by atoms with Crippen LogP contribution >= 0.6 is 0 Å². The summed E-state index contributed by atoms with van der Waals surface area (Å²) >= 11 is 0. The largest absolute Gasteiger partial charge is 0.507 e. The predicted molar refractivity (Wildman–Crippen MR) is 133 cm³/mol. The Hall–Kier alpha value is -3.12. The van der Waals surface area contributed by atoms with Gasteiger partial charge in [-0.1, -0.05) is 34.9 Å². The number of Topliss-reactive ketones (excluding diaryl/α,β-unsaturated/α-hetero) is 1. The highest BCUT2D eigenvalue weighted by atomic mass is 16.3. The fraction of sp³-hybridized carbons (Fsp3) is 0.429. The molecular formula is C28H34O6. The van der Waals surface area contributed by atoms with Crippen molar-refractivity contribution < 1.29 is 24.5 Å². The van der Waals surface area contributed by atoms with Crippen molar-refractivity contribution in [2.75, 3.05) is 0 Å². The molecule has 0 amide bonds. The van der Waals surface area contributed by atoms with Crippen LogP contribution in [0.2, 0.25) is 0 Å². The molecule has 2 atom stereocenters. The van der Waals surface area contributed by atoms with E-state index in [-0.39, 0.29) is 52.9 Å². The highest BCUT2D eigenvalue weighted by Gasteiger charge is 2.48. The van der Waals surface area contributed by atoms with E-state index in [1.54, 1.807) is 6.08 Å². The van der Waals surface area contributed by atoms with Crippen molar-refractivity contribution in [2.24, 2.45) is 0 Å². The van der Waals surface area contributed by atoms with Crippen LogP contribution in [0.3, 0.4) is 0 Å². The van der Waals surface area contributed by atoms with E-state index in [9.17, 15) is 24.9 Å². The maximum atomic E-state index is 13.8. The van der Waals surface area contributed by atoms with Gasteiger partial charge < -0.3 is 19.7 Å². The molecule has 2 aromatic rings. The molecule has 1 aromatic carbocycles. The number of aliphatic hydroxyl groups is 1. The Balaban J connectivity index is 2.38. The number of hydrogen-bond donors (Lipinski definition) is 3. The maximum Gasteiger partial charge on any atom is 0.203 e. The van der Waals surface area contributed by atoms with Gasteiger partial charge in [-0.25, -0.2) is 0 Å². The lowest BCUT2D eigenvalue weighted by Gasteiger charge is -2.34. The molecule has 3 rings (SSSR count). The van der Waals surface area contributed by atoms with Crippen LogP contribution in [0.1, 0.15) is 83.6 Å². The molecule has 3 N–H and O–H groups in total. The highest BCUT2D eigenvalue weighted by molar-refractivity contribution is 5.94. The molecular weight excluding hydrogens is 432 g/mol. The van der Waals surface area contributed by atoms with E-state index in [2.05, 4.69) is 0 Å². The number of benzene rings is 1. The number of allylic oxidation sites excluding steroid dienone is 5. The molecule has 6 heteroatoms. The van der Waals surface area contributed by atoms with Gasteiger partial charge in [0.25, 0.3) is 0 Å². The topological polar surface area (TPSA) is 108 Å². The summed E-state index contributed by atoms with van der Waals surface area (Å²) in [6, 6.07) is 1.33. The van der Waals surface area contributed by atoms with Gasteiger partial charge in [-0.15, -0.1) is 0 Å². The van der Waals surface area contributed by atoms with E-state index in [1.165, 1.54) is 6.07 Å². The molecule has 0 saturated heterocycles. The van der Waals surface area contributed by atoms with E-state index in [1.807, 2.05) is 53.7 Å². The molecule has 6 nitrogen and oxygen atoms in total. The fourth-order valence-electron chi connectivity index (χ4n) is 4.33. The summed E-state index contributed by atoms with van der Waals surface area (Å²) in [5.41, 5.74) is 0.353. The number of hydrogen-bond acceptors (Lipinski definition) is 6. The quantitative estimate of drug-likeness (QED) is 0.474. The van der Waals surface area contributed by atoms with Crippen LogP contribution in [0.5, 0.6) is 11.5 Å². The van der Waals surface area contributed by atoms with Gasteiger partial charge in [-0.3, -0.25) is 9.59 Å². The average molecular weight is 467 g/mol. The summed E-state index contributed by atoms with van der Waals surface area (Å²) in [6.45, 7) is 11.4. The van der Waals surface area contributed by atoms with Crippen LogP contribution in [0.15, 0.2) is 50.2 Å². The number of ketones is 1. The summed E-state index contributed by atoms with van der Waals surface area (Å²) in [5.74, 6) is -1.23. The van der Waals surface area contributed by atoms with Gasteiger partial charge in [-0.05, 0) is 54.4 Å². The molecule has 0 saturated carbocycles. The van der Waals surface area contributed by atoms with Crippen LogP contribution in [0.25, 0.3) is 11.0 Å². The summed E-state index contributed by atoms with van der Waals surface area (Å²) in [7, 11) is 0. The zero-order chi connectivity index (χ0) is 25.4. The molecule has 1 aliphatic rings. The van der Waals surface area contributed by atoms with E-state index in [0.29, 0.717) is 6.42 Å². The summed E-state index contributed by atoms with van der Waals surface area (Å²) in [4.78, 5) is 27.0. The Labute approximate surface area is 199 Å². The molecule has 0 fully saturated rings. The fourth-order valence-corrected chi connectivity index (χ4v) is 4.33. The molecule has 0 radical (unpaired) electrons. The smallest absolute Gasteiger partial charge is 0.203 e. The van der Waals surface area contributed by atoms with Crippen molar-refractivity contribution in [3.8, 4) is 11.5 Å². The summed E-state index contributed by atoms with van der Waals surface area (Å²) in [6.07, 6.45) is 6.15. The van der Waals surface area contributed by atoms with Crippen LogP contribution in [0, 0.1) is 0 Å². The van der Waals surface area contributed by atoms with E-state index in [0.717, 1.165) is 16.7 Å². The van der Waals surface area contributed by atoms with Gasteiger partial charge in [-0.2, -0.15) is 0 Å². The lowest BCUT2D eigenvalue weighted by molar-refractivity contribution is -0.140. The second-order valence-corrected chi connectivity index (χ2v) is 9.94. The first-order chi connectivity index (χ1) is 15.9. The summed E-state index contributed by atoms with van der Waals surface area (Å²) in [5, 5.41) is 33.0. The van der Waals surface area contributed by atoms with Crippen molar-refractivity contribution in [3.63, 3.8) is 0 Å². The molecule has 1 heterocycles. The molecule has 1 aliphatic carbocycles. The number of phenolic OH excluding ortho intramolecular Hbond substituents is 2. The van der Waals surface area contributed by atoms with Gasteiger partial charge in [0.1, 0.15) is 28.2 Å². The van der Waals surface area contributed by atoms with Gasteiger partial charge in [0.15, 0.2) is 11.4 Å². The minimum atomic E-state index is -2.05. The van der Waals surface area contributed by atoms with Crippen molar-refractivity contribution in [2.45, 2.75) is 78.7 Å². The predicted octanol–water partition coefficient (Wildman–Crippen LogP) is 5.67. The second kappa shape index (κ2) is 9.63. The number of rotatable bonds is 6. The minimum absolute atomic E-state index is 0.0228. The Morgan fingerprint density at radius 2 is 1.65 bits per heavy atom.